The van der Waals surface area contributed by atoms with Gasteiger partial charge in [-0.25, -0.2) is 13.0 Å². The Bertz CT molecular complexity index is 1100. The Morgan fingerprint density at radius 2 is 1.69 bits per heavy atom. The zero-order valence-corrected chi connectivity index (χ0v) is 18.2. The third-order valence-electron chi connectivity index (χ3n) is 5.08. The molecule has 2 aromatic carbocycles. The van der Waals surface area contributed by atoms with Crippen molar-refractivity contribution in [2.24, 2.45) is 11.8 Å². The molecule has 2 unspecified atom stereocenters. The Hall–Kier alpha value is -2.10. The first-order valence-electron chi connectivity index (χ1n) is 9.46. The van der Waals surface area contributed by atoms with E-state index in [1.807, 2.05) is 24.3 Å². The van der Waals surface area contributed by atoms with Crippen molar-refractivity contribution in [3.8, 4) is 5.75 Å². The standard InChI is InChI=1S/C20H23N3O4S2/c1-13-10-14(2)12-23(11-13)29(24,25)18-9-8-17(19-20(18)22-27-21-19)28-16-6-4-15(26-3)5-7-16/h4-9,13-14H,10-12H2,1-3H3. The fraction of sp³-hybridized carbons (Fsp3) is 0.400. The third kappa shape index (κ3) is 3.99. The lowest BCUT2D eigenvalue weighted by Crippen LogP contribution is -2.42. The maximum atomic E-state index is 13.3. The zero-order chi connectivity index (χ0) is 20.6. The van der Waals surface area contributed by atoms with Crippen molar-refractivity contribution >= 4 is 32.8 Å². The molecule has 0 N–H and O–H groups in total. The van der Waals surface area contributed by atoms with Gasteiger partial charge in [-0.2, -0.15) is 4.31 Å². The Kier molecular flexibility index (Phi) is 5.54. The highest BCUT2D eigenvalue weighted by Crippen LogP contribution is 2.37. The number of nitrogens with zero attached hydrogens (tertiary/aromatic N) is 3. The lowest BCUT2D eigenvalue weighted by Gasteiger charge is -2.34. The van der Waals surface area contributed by atoms with Crippen LogP contribution in [0.1, 0.15) is 20.3 Å². The Labute approximate surface area is 174 Å². The summed E-state index contributed by atoms with van der Waals surface area (Å²) in [4.78, 5) is 1.91. The second-order valence-electron chi connectivity index (χ2n) is 7.57. The first kappa shape index (κ1) is 20.2. The molecule has 7 nitrogen and oxygen atoms in total. The molecular formula is C20H23N3O4S2. The molecule has 0 spiro atoms. The highest BCUT2D eigenvalue weighted by atomic mass is 32.2. The van der Waals surface area contributed by atoms with Crippen LogP contribution in [0.5, 0.6) is 5.75 Å². The predicted octanol–water partition coefficient (Wildman–Crippen LogP) is 4.05. The van der Waals surface area contributed by atoms with E-state index in [-0.39, 0.29) is 10.4 Å². The largest absolute Gasteiger partial charge is 0.497 e. The van der Waals surface area contributed by atoms with E-state index in [9.17, 15) is 8.42 Å². The van der Waals surface area contributed by atoms with E-state index in [0.717, 1.165) is 22.0 Å². The van der Waals surface area contributed by atoms with Gasteiger partial charge in [0.2, 0.25) is 10.0 Å². The minimum atomic E-state index is -3.68. The molecule has 2 atom stereocenters. The smallest absolute Gasteiger partial charge is 0.245 e. The first-order valence-corrected chi connectivity index (χ1v) is 11.7. The zero-order valence-electron chi connectivity index (χ0n) is 16.5. The molecule has 29 heavy (non-hydrogen) atoms. The highest BCUT2D eigenvalue weighted by molar-refractivity contribution is 7.99. The highest BCUT2D eigenvalue weighted by Gasteiger charge is 2.34. The summed E-state index contributed by atoms with van der Waals surface area (Å²) >= 11 is 1.47. The second-order valence-corrected chi connectivity index (χ2v) is 10.6. The summed E-state index contributed by atoms with van der Waals surface area (Å²) in [5, 5.41) is 7.91. The van der Waals surface area contributed by atoms with E-state index < -0.39 is 10.0 Å². The third-order valence-corrected chi connectivity index (χ3v) is 8.00. The van der Waals surface area contributed by atoms with Crippen molar-refractivity contribution in [1.29, 1.82) is 0 Å². The lowest BCUT2D eigenvalue weighted by atomic mass is 9.94. The molecule has 3 aromatic rings. The molecule has 1 aromatic heterocycles. The van der Waals surface area contributed by atoms with Crippen molar-refractivity contribution in [2.75, 3.05) is 20.2 Å². The summed E-state index contributed by atoms with van der Waals surface area (Å²) < 4.78 is 38.3. The number of methoxy groups -OCH3 is 1. The van der Waals surface area contributed by atoms with Crippen LogP contribution in [0, 0.1) is 11.8 Å². The van der Waals surface area contributed by atoms with Crippen LogP contribution in [0.2, 0.25) is 0 Å². The number of piperidine rings is 1. The maximum Gasteiger partial charge on any atom is 0.245 e. The number of hydrogen-bond acceptors (Lipinski definition) is 7. The van der Waals surface area contributed by atoms with Gasteiger partial charge in [0.25, 0.3) is 0 Å². The Morgan fingerprint density at radius 1 is 1.03 bits per heavy atom. The molecule has 1 aliphatic rings. The van der Waals surface area contributed by atoms with Gasteiger partial charge < -0.3 is 4.74 Å². The summed E-state index contributed by atoms with van der Waals surface area (Å²) in [6, 6.07) is 11.0. The SMILES string of the molecule is COc1ccc(Sc2ccc(S(=O)(=O)N3CC(C)CC(C)C3)c3nonc23)cc1. The minimum Gasteiger partial charge on any atom is -0.497 e. The number of hydrogen-bond donors (Lipinski definition) is 0. The van der Waals surface area contributed by atoms with Gasteiger partial charge in [-0.1, -0.05) is 25.6 Å². The first-order chi connectivity index (χ1) is 13.9. The van der Waals surface area contributed by atoms with Crippen LogP contribution < -0.4 is 4.74 Å². The fourth-order valence-electron chi connectivity index (χ4n) is 3.82. The van der Waals surface area contributed by atoms with E-state index in [1.165, 1.54) is 11.8 Å². The maximum absolute atomic E-state index is 13.3. The second kappa shape index (κ2) is 7.97. The normalized spacial score (nSPS) is 20.8. The molecule has 2 heterocycles. The van der Waals surface area contributed by atoms with Crippen LogP contribution in [0.25, 0.3) is 11.0 Å². The molecule has 0 bridgehead atoms. The van der Waals surface area contributed by atoms with Crippen LogP contribution in [-0.4, -0.2) is 43.2 Å². The summed E-state index contributed by atoms with van der Waals surface area (Å²) in [6.45, 7) is 5.20. The van der Waals surface area contributed by atoms with Crippen molar-refractivity contribution in [1.82, 2.24) is 14.6 Å². The van der Waals surface area contributed by atoms with Crippen LogP contribution >= 0.6 is 11.8 Å². The van der Waals surface area contributed by atoms with Crippen LogP contribution in [-0.2, 0) is 10.0 Å². The average Bonchev–Trinajstić information content (AvgIpc) is 3.18. The summed E-state index contributed by atoms with van der Waals surface area (Å²) in [5.41, 5.74) is 0.722. The minimum absolute atomic E-state index is 0.147. The molecular weight excluding hydrogens is 410 g/mol. The number of sulfonamides is 1. The molecule has 154 valence electrons. The number of rotatable bonds is 5. The van der Waals surface area contributed by atoms with E-state index in [4.69, 9.17) is 9.37 Å². The molecule has 4 rings (SSSR count). The van der Waals surface area contributed by atoms with Gasteiger partial charge in [-0.15, -0.1) is 0 Å². The van der Waals surface area contributed by atoms with Crippen LogP contribution in [0.15, 0.2) is 55.7 Å². The molecule has 0 radical (unpaired) electrons. The van der Waals surface area contributed by atoms with Gasteiger partial charge in [0, 0.05) is 22.9 Å². The molecule has 1 saturated heterocycles. The molecule has 9 heteroatoms. The van der Waals surface area contributed by atoms with E-state index in [2.05, 4.69) is 24.2 Å². The van der Waals surface area contributed by atoms with Crippen molar-refractivity contribution in [3.05, 3.63) is 36.4 Å². The van der Waals surface area contributed by atoms with Crippen LogP contribution in [0.4, 0.5) is 0 Å². The Morgan fingerprint density at radius 3 is 2.34 bits per heavy atom. The van der Waals surface area contributed by atoms with Crippen LogP contribution in [0.3, 0.4) is 0 Å². The molecule has 0 amide bonds. The fourth-order valence-corrected chi connectivity index (χ4v) is 6.51. The van der Waals surface area contributed by atoms with Crippen molar-refractivity contribution in [2.45, 2.75) is 35.0 Å². The summed E-state index contributed by atoms with van der Waals surface area (Å²) in [5.74, 6) is 1.42. The van der Waals surface area contributed by atoms with Crippen molar-refractivity contribution < 1.29 is 17.8 Å². The summed E-state index contributed by atoms with van der Waals surface area (Å²) in [6.07, 6.45) is 1.03. The van der Waals surface area contributed by atoms with Gasteiger partial charge in [0.15, 0.2) is 11.0 Å². The van der Waals surface area contributed by atoms with Gasteiger partial charge in [0.1, 0.15) is 10.6 Å². The van der Waals surface area contributed by atoms with E-state index in [0.29, 0.717) is 30.4 Å². The number of fused-ring (bicyclic) bond motifs is 1. The molecule has 1 fully saturated rings. The van der Waals surface area contributed by atoms with Crippen molar-refractivity contribution in [3.63, 3.8) is 0 Å². The average molecular weight is 434 g/mol. The van der Waals surface area contributed by atoms with E-state index >= 15 is 0 Å². The van der Waals surface area contributed by atoms with Gasteiger partial charge in [-0.05, 0) is 65.0 Å². The molecule has 0 aliphatic carbocycles. The monoisotopic (exact) mass is 433 g/mol. The molecule has 1 aliphatic heterocycles. The van der Waals surface area contributed by atoms with Gasteiger partial charge in [0.05, 0.1) is 7.11 Å². The summed E-state index contributed by atoms with van der Waals surface area (Å²) in [7, 11) is -2.06. The van der Waals surface area contributed by atoms with Gasteiger partial charge in [-0.3, -0.25) is 0 Å². The lowest BCUT2D eigenvalue weighted by molar-refractivity contribution is 0.222. The number of aromatic nitrogens is 2. The Balaban J connectivity index is 1.69. The van der Waals surface area contributed by atoms with Gasteiger partial charge >= 0.3 is 0 Å². The van der Waals surface area contributed by atoms with E-state index in [1.54, 1.807) is 23.5 Å². The predicted molar refractivity (Wildman–Crippen MR) is 111 cm³/mol. The topological polar surface area (TPSA) is 85.5 Å². The quantitative estimate of drug-likeness (QED) is 0.600. The molecule has 0 saturated carbocycles. The number of ether oxygens (including phenoxy) is 1. The number of benzene rings is 2.